The fourth-order valence-electron chi connectivity index (χ4n) is 1.83. The maximum absolute atomic E-state index is 8.94. The van der Waals surface area contributed by atoms with Crippen LogP contribution in [0.1, 0.15) is 24.1 Å². The Kier molecular flexibility index (Phi) is 8.09. The Balaban J connectivity index is 0.000000541. The van der Waals surface area contributed by atoms with Gasteiger partial charge in [-0.05, 0) is 25.0 Å². The fraction of sp³-hybridized carbons (Fsp3) is 0.333. The quantitative estimate of drug-likeness (QED) is 0.249. The molecule has 0 atom stereocenters. The molecule has 1 heterocycles. The molecule has 7 heteroatoms. The van der Waals surface area contributed by atoms with Crippen molar-refractivity contribution in [2.24, 2.45) is 5.84 Å². The van der Waals surface area contributed by atoms with Crippen molar-refractivity contribution >= 4 is 23.9 Å². The highest BCUT2D eigenvalue weighted by Gasteiger charge is 2.09. The zero-order valence-electron chi connectivity index (χ0n) is 13.1. The number of rotatable bonds is 6. The number of hydrazine groups is 1. The molecule has 0 aliphatic rings. The van der Waals surface area contributed by atoms with Crippen LogP contribution in [0.5, 0.6) is 0 Å². The van der Waals surface area contributed by atoms with E-state index >= 15 is 0 Å². The number of hydrogen-bond donors (Lipinski definition) is 3. The lowest BCUT2D eigenvalue weighted by Crippen LogP contribution is -2.18. The van der Waals surface area contributed by atoms with Crippen LogP contribution in [0.3, 0.4) is 0 Å². The summed E-state index contributed by atoms with van der Waals surface area (Å²) in [6, 6.07) is 6.36. The van der Waals surface area contributed by atoms with Gasteiger partial charge in [-0.2, -0.15) is 0 Å². The molecule has 0 aliphatic carbocycles. The number of oxazole rings is 1. The molecule has 120 valence electrons. The standard InChI is InChI=1S/C14H18N2OS.CH4N2O/c1-4-11-6-5-7-12(15-3)14(11)18-9-13-16-8-10(2)17-13;2-3-1-4/h5-8,15H,4,9H2,1-3H3;1H,2H2,(H,3,4). The first-order valence-electron chi connectivity index (χ1n) is 6.89. The van der Waals surface area contributed by atoms with Crippen molar-refractivity contribution in [1.82, 2.24) is 10.4 Å². The van der Waals surface area contributed by atoms with Crippen molar-refractivity contribution in [1.29, 1.82) is 0 Å². The van der Waals surface area contributed by atoms with Crippen LogP contribution in [0, 0.1) is 6.92 Å². The third-order valence-corrected chi connectivity index (χ3v) is 3.99. The van der Waals surface area contributed by atoms with Gasteiger partial charge in [0, 0.05) is 17.6 Å². The molecular formula is C15H22N4O2S. The number of nitrogens with zero attached hydrogens (tertiary/aromatic N) is 1. The van der Waals surface area contributed by atoms with Crippen molar-refractivity contribution in [2.45, 2.75) is 30.9 Å². The maximum Gasteiger partial charge on any atom is 0.221 e. The lowest BCUT2D eigenvalue weighted by molar-refractivity contribution is -0.109. The molecule has 0 unspecified atom stereocenters. The average molecular weight is 322 g/mol. The summed E-state index contributed by atoms with van der Waals surface area (Å²) in [6.07, 6.45) is 3.20. The van der Waals surface area contributed by atoms with E-state index < -0.39 is 0 Å². The van der Waals surface area contributed by atoms with Gasteiger partial charge < -0.3 is 9.73 Å². The monoisotopic (exact) mass is 322 g/mol. The molecular weight excluding hydrogens is 300 g/mol. The summed E-state index contributed by atoms with van der Waals surface area (Å²) in [5.74, 6) is 6.82. The Morgan fingerprint density at radius 1 is 1.45 bits per heavy atom. The van der Waals surface area contributed by atoms with Gasteiger partial charge in [-0.1, -0.05) is 19.1 Å². The third kappa shape index (κ3) is 5.42. The predicted octanol–water partition coefficient (Wildman–Crippen LogP) is 2.49. The maximum atomic E-state index is 8.94. The van der Waals surface area contributed by atoms with Gasteiger partial charge in [-0.25, -0.2) is 10.8 Å². The predicted molar refractivity (Wildman–Crippen MR) is 89.6 cm³/mol. The summed E-state index contributed by atoms with van der Waals surface area (Å²) >= 11 is 1.77. The van der Waals surface area contributed by atoms with E-state index in [0.29, 0.717) is 6.41 Å². The van der Waals surface area contributed by atoms with Crippen LogP contribution in [0.15, 0.2) is 33.7 Å². The largest absolute Gasteiger partial charge is 0.445 e. The molecule has 22 heavy (non-hydrogen) atoms. The summed E-state index contributed by atoms with van der Waals surface area (Å²) in [7, 11) is 1.95. The Bertz CT molecular complexity index is 564. The van der Waals surface area contributed by atoms with E-state index in [9.17, 15) is 0 Å². The normalized spacial score (nSPS) is 9.64. The summed E-state index contributed by atoms with van der Waals surface area (Å²) in [5, 5.41) is 3.24. The average Bonchev–Trinajstić information content (AvgIpc) is 2.98. The number of carbonyl (C=O) groups excluding carboxylic acids is 1. The van der Waals surface area contributed by atoms with E-state index in [1.807, 2.05) is 14.0 Å². The van der Waals surface area contributed by atoms with Gasteiger partial charge in [0.05, 0.1) is 11.9 Å². The first-order chi connectivity index (χ1) is 10.7. The first-order valence-corrected chi connectivity index (χ1v) is 7.88. The van der Waals surface area contributed by atoms with Gasteiger partial charge in [0.25, 0.3) is 0 Å². The van der Waals surface area contributed by atoms with Gasteiger partial charge in [-0.3, -0.25) is 10.2 Å². The van der Waals surface area contributed by atoms with Crippen LogP contribution in [-0.4, -0.2) is 18.4 Å². The first kappa shape index (κ1) is 18.1. The number of carbonyl (C=O) groups is 1. The number of thioether (sulfide) groups is 1. The van der Waals surface area contributed by atoms with E-state index in [-0.39, 0.29) is 0 Å². The minimum absolute atomic E-state index is 0.403. The summed E-state index contributed by atoms with van der Waals surface area (Å²) in [5.41, 5.74) is 4.28. The summed E-state index contributed by atoms with van der Waals surface area (Å²) in [6.45, 7) is 4.09. The van der Waals surface area contributed by atoms with Crippen molar-refractivity contribution in [3.8, 4) is 0 Å². The third-order valence-electron chi connectivity index (χ3n) is 2.82. The van der Waals surface area contributed by atoms with Crippen molar-refractivity contribution in [2.75, 3.05) is 12.4 Å². The number of hydrogen-bond acceptors (Lipinski definition) is 6. The molecule has 0 saturated heterocycles. The highest BCUT2D eigenvalue weighted by Crippen LogP contribution is 2.33. The lowest BCUT2D eigenvalue weighted by atomic mass is 10.1. The van der Waals surface area contributed by atoms with E-state index in [2.05, 4.69) is 41.3 Å². The van der Waals surface area contributed by atoms with Gasteiger partial charge in [0.1, 0.15) is 5.76 Å². The molecule has 0 fully saturated rings. The minimum Gasteiger partial charge on any atom is -0.445 e. The Morgan fingerprint density at radius 3 is 2.68 bits per heavy atom. The number of aromatic nitrogens is 1. The van der Waals surface area contributed by atoms with Crippen LogP contribution in [0.4, 0.5) is 5.69 Å². The summed E-state index contributed by atoms with van der Waals surface area (Å²) < 4.78 is 5.50. The van der Waals surface area contributed by atoms with Crippen LogP contribution < -0.4 is 16.6 Å². The number of nitrogens with two attached hydrogens (primary N) is 1. The number of anilines is 1. The smallest absolute Gasteiger partial charge is 0.221 e. The number of nitrogens with one attached hydrogen (secondary N) is 2. The molecule has 6 nitrogen and oxygen atoms in total. The van der Waals surface area contributed by atoms with Gasteiger partial charge in [0.15, 0.2) is 0 Å². The van der Waals surface area contributed by atoms with E-state index in [1.54, 1.807) is 23.4 Å². The second-order valence-electron chi connectivity index (χ2n) is 4.34. The molecule has 0 spiro atoms. The highest BCUT2D eigenvalue weighted by molar-refractivity contribution is 7.98. The SMILES string of the molecule is CCc1cccc(NC)c1SCc1ncc(C)o1.NNC=O. The molecule has 0 bridgehead atoms. The van der Waals surface area contributed by atoms with Crippen molar-refractivity contribution in [3.63, 3.8) is 0 Å². The Morgan fingerprint density at radius 2 is 2.18 bits per heavy atom. The lowest BCUT2D eigenvalue weighted by Gasteiger charge is -2.12. The fourth-order valence-corrected chi connectivity index (χ4v) is 2.96. The Hall–Kier alpha value is -1.99. The van der Waals surface area contributed by atoms with Crippen molar-refractivity contribution in [3.05, 3.63) is 41.6 Å². The molecule has 0 saturated carbocycles. The van der Waals surface area contributed by atoms with E-state index in [4.69, 9.17) is 9.21 Å². The van der Waals surface area contributed by atoms with Gasteiger partial charge in [-0.15, -0.1) is 11.8 Å². The second kappa shape index (κ2) is 9.86. The molecule has 2 rings (SSSR count). The molecule has 1 aromatic carbocycles. The number of aryl methyl sites for hydroxylation is 2. The van der Waals surface area contributed by atoms with E-state index in [1.165, 1.54) is 16.1 Å². The Labute approximate surface area is 134 Å². The molecule has 2 aromatic rings. The molecule has 1 aromatic heterocycles. The molecule has 1 amide bonds. The van der Waals surface area contributed by atoms with Gasteiger partial charge >= 0.3 is 0 Å². The minimum atomic E-state index is 0.403. The van der Waals surface area contributed by atoms with Gasteiger partial charge in [0.2, 0.25) is 12.3 Å². The molecule has 4 N–H and O–H groups in total. The number of benzene rings is 1. The molecule has 0 aliphatic heterocycles. The van der Waals surface area contributed by atoms with E-state index in [0.717, 1.165) is 23.8 Å². The zero-order chi connectivity index (χ0) is 16.4. The van der Waals surface area contributed by atoms with Crippen LogP contribution >= 0.6 is 11.8 Å². The summed E-state index contributed by atoms with van der Waals surface area (Å²) in [4.78, 5) is 14.5. The number of amides is 1. The van der Waals surface area contributed by atoms with Crippen LogP contribution in [0.2, 0.25) is 0 Å². The topological polar surface area (TPSA) is 93.2 Å². The highest BCUT2D eigenvalue weighted by atomic mass is 32.2. The van der Waals surface area contributed by atoms with Crippen LogP contribution in [0.25, 0.3) is 0 Å². The molecule has 0 radical (unpaired) electrons. The second-order valence-corrected chi connectivity index (χ2v) is 5.32. The van der Waals surface area contributed by atoms with Crippen molar-refractivity contribution < 1.29 is 9.21 Å². The zero-order valence-corrected chi connectivity index (χ0v) is 13.9. The van der Waals surface area contributed by atoms with Crippen LogP contribution in [-0.2, 0) is 17.0 Å².